The smallest absolute Gasteiger partial charge is 0.236 e. The number of carbonyl (C=O) groups is 1. The van der Waals surface area contributed by atoms with E-state index in [1.807, 2.05) is 13.8 Å². The van der Waals surface area contributed by atoms with Crippen LogP contribution in [-0.2, 0) is 9.53 Å². The Morgan fingerprint density at radius 2 is 2.43 bits per heavy atom. The predicted octanol–water partition coefficient (Wildman–Crippen LogP) is 0.265. The van der Waals surface area contributed by atoms with Crippen molar-refractivity contribution in [2.24, 2.45) is 11.7 Å². The lowest BCUT2D eigenvalue weighted by Gasteiger charge is -2.16. The quantitative estimate of drug-likeness (QED) is 0.684. The molecule has 0 aromatic carbocycles. The Balaban J connectivity index is 2.22. The Bertz CT molecular complexity index is 197. The number of hydrogen-bond donors (Lipinski definition) is 2. The number of nitrogens with one attached hydrogen (secondary N) is 1. The first kappa shape index (κ1) is 11.5. The average Bonchev–Trinajstić information content (AvgIpc) is 2.59. The lowest BCUT2D eigenvalue weighted by molar-refractivity contribution is -0.122. The van der Waals surface area contributed by atoms with Crippen LogP contribution < -0.4 is 11.1 Å². The summed E-state index contributed by atoms with van der Waals surface area (Å²) in [6, 6.07) is -0.368. The van der Waals surface area contributed by atoms with Gasteiger partial charge in [0.15, 0.2) is 0 Å². The molecule has 0 aromatic rings. The topological polar surface area (TPSA) is 64.4 Å². The Kier molecular flexibility index (Phi) is 4.35. The molecule has 1 saturated heterocycles. The van der Waals surface area contributed by atoms with Crippen molar-refractivity contribution in [2.45, 2.75) is 38.8 Å². The molecule has 0 radical (unpaired) electrons. The van der Waals surface area contributed by atoms with Crippen LogP contribution in [0.25, 0.3) is 0 Å². The molecule has 1 heterocycles. The zero-order valence-corrected chi connectivity index (χ0v) is 8.95. The fourth-order valence-corrected chi connectivity index (χ4v) is 1.59. The zero-order chi connectivity index (χ0) is 10.6. The van der Waals surface area contributed by atoms with Crippen LogP contribution in [0.1, 0.15) is 26.7 Å². The van der Waals surface area contributed by atoms with Crippen LogP contribution in [0.15, 0.2) is 0 Å². The summed E-state index contributed by atoms with van der Waals surface area (Å²) in [6.07, 6.45) is 1.97. The Morgan fingerprint density at radius 3 is 2.93 bits per heavy atom. The van der Waals surface area contributed by atoms with Gasteiger partial charge in [0.25, 0.3) is 0 Å². The maximum Gasteiger partial charge on any atom is 0.236 e. The second-order valence-corrected chi connectivity index (χ2v) is 3.88. The monoisotopic (exact) mass is 200 g/mol. The summed E-state index contributed by atoms with van der Waals surface area (Å²) < 4.78 is 5.40. The third-order valence-electron chi connectivity index (χ3n) is 2.85. The van der Waals surface area contributed by atoms with E-state index in [-0.39, 0.29) is 18.1 Å². The molecule has 0 saturated carbocycles. The zero-order valence-electron chi connectivity index (χ0n) is 8.95. The normalized spacial score (nSPS) is 28.8. The number of hydrogen-bond acceptors (Lipinski definition) is 3. The van der Waals surface area contributed by atoms with Gasteiger partial charge >= 0.3 is 0 Å². The summed E-state index contributed by atoms with van der Waals surface area (Å²) in [5, 5.41) is 2.86. The van der Waals surface area contributed by atoms with Crippen LogP contribution in [0, 0.1) is 5.92 Å². The fraction of sp³-hybridized carbons (Fsp3) is 0.900. The second-order valence-electron chi connectivity index (χ2n) is 3.88. The van der Waals surface area contributed by atoms with E-state index >= 15 is 0 Å². The molecule has 0 aliphatic carbocycles. The summed E-state index contributed by atoms with van der Waals surface area (Å²) in [7, 11) is 0. The highest BCUT2D eigenvalue weighted by Crippen LogP contribution is 2.19. The van der Waals surface area contributed by atoms with E-state index < -0.39 is 0 Å². The van der Waals surface area contributed by atoms with Crippen molar-refractivity contribution in [3.8, 4) is 0 Å². The molecule has 1 rings (SSSR count). The van der Waals surface area contributed by atoms with Gasteiger partial charge in [0, 0.05) is 19.1 Å². The molecule has 1 amide bonds. The van der Waals surface area contributed by atoms with Crippen molar-refractivity contribution in [3.63, 3.8) is 0 Å². The molecule has 82 valence electrons. The number of ether oxygens (including phenoxy) is 1. The molecular weight excluding hydrogens is 180 g/mol. The first-order valence-electron chi connectivity index (χ1n) is 5.30. The SMILES string of the molecule is CC[C@H](N)C(=O)NCC1CCOC1C. The van der Waals surface area contributed by atoms with Crippen LogP contribution >= 0.6 is 0 Å². The van der Waals surface area contributed by atoms with E-state index in [1.165, 1.54) is 0 Å². The molecule has 0 aromatic heterocycles. The Hall–Kier alpha value is -0.610. The van der Waals surface area contributed by atoms with Crippen molar-refractivity contribution in [1.29, 1.82) is 0 Å². The molecule has 14 heavy (non-hydrogen) atoms. The van der Waals surface area contributed by atoms with Gasteiger partial charge in [-0.05, 0) is 19.8 Å². The van der Waals surface area contributed by atoms with Crippen molar-refractivity contribution in [2.75, 3.05) is 13.2 Å². The molecule has 1 aliphatic heterocycles. The molecule has 1 aliphatic rings. The minimum absolute atomic E-state index is 0.0494. The summed E-state index contributed by atoms with van der Waals surface area (Å²) in [5.41, 5.74) is 5.59. The van der Waals surface area contributed by atoms with E-state index in [4.69, 9.17) is 10.5 Å². The highest BCUT2D eigenvalue weighted by Gasteiger charge is 2.24. The van der Waals surface area contributed by atoms with E-state index in [0.29, 0.717) is 18.9 Å². The van der Waals surface area contributed by atoms with Gasteiger partial charge in [-0.2, -0.15) is 0 Å². The third-order valence-corrected chi connectivity index (χ3v) is 2.85. The summed E-state index contributed by atoms with van der Waals surface area (Å²) in [5.74, 6) is 0.398. The van der Waals surface area contributed by atoms with Crippen LogP contribution in [0.3, 0.4) is 0 Å². The summed E-state index contributed by atoms with van der Waals surface area (Å²) in [6.45, 7) is 5.45. The Labute approximate surface area is 85.2 Å². The van der Waals surface area contributed by atoms with Crippen LogP contribution in [0.5, 0.6) is 0 Å². The maximum atomic E-state index is 11.4. The molecule has 0 bridgehead atoms. The van der Waals surface area contributed by atoms with Gasteiger partial charge in [-0.25, -0.2) is 0 Å². The first-order valence-corrected chi connectivity index (χ1v) is 5.30. The lowest BCUT2D eigenvalue weighted by Crippen LogP contribution is -2.42. The van der Waals surface area contributed by atoms with Crippen molar-refractivity contribution < 1.29 is 9.53 Å². The van der Waals surface area contributed by atoms with E-state index in [9.17, 15) is 4.79 Å². The summed E-state index contributed by atoms with van der Waals surface area (Å²) in [4.78, 5) is 11.4. The molecule has 4 nitrogen and oxygen atoms in total. The molecule has 1 fully saturated rings. The molecular formula is C10H20N2O2. The third kappa shape index (κ3) is 2.96. The van der Waals surface area contributed by atoms with Gasteiger partial charge in [-0.3, -0.25) is 4.79 Å². The van der Waals surface area contributed by atoms with Crippen molar-refractivity contribution in [3.05, 3.63) is 0 Å². The molecule has 2 unspecified atom stereocenters. The number of rotatable bonds is 4. The minimum Gasteiger partial charge on any atom is -0.378 e. The average molecular weight is 200 g/mol. The largest absolute Gasteiger partial charge is 0.378 e. The highest BCUT2D eigenvalue weighted by atomic mass is 16.5. The molecule has 4 heteroatoms. The van der Waals surface area contributed by atoms with Crippen molar-refractivity contribution in [1.82, 2.24) is 5.32 Å². The van der Waals surface area contributed by atoms with Crippen LogP contribution in [0.4, 0.5) is 0 Å². The van der Waals surface area contributed by atoms with Gasteiger partial charge in [-0.1, -0.05) is 6.92 Å². The molecule has 3 atom stereocenters. The second kappa shape index (κ2) is 5.32. The minimum atomic E-state index is -0.368. The standard InChI is InChI=1S/C10H20N2O2/c1-3-9(11)10(13)12-6-8-4-5-14-7(8)2/h7-9H,3-6,11H2,1-2H3,(H,12,13)/t7?,8?,9-/m0/s1. The number of amides is 1. The Morgan fingerprint density at radius 1 is 1.71 bits per heavy atom. The predicted molar refractivity (Wildman–Crippen MR) is 54.8 cm³/mol. The number of nitrogens with two attached hydrogens (primary N) is 1. The fourth-order valence-electron chi connectivity index (χ4n) is 1.59. The van der Waals surface area contributed by atoms with Crippen LogP contribution in [-0.4, -0.2) is 31.2 Å². The first-order chi connectivity index (χ1) is 6.65. The van der Waals surface area contributed by atoms with E-state index in [1.54, 1.807) is 0 Å². The van der Waals surface area contributed by atoms with E-state index in [2.05, 4.69) is 5.32 Å². The van der Waals surface area contributed by atoms with Gasteiger partial charge in [0.05, 0.1) is 12.1 Å². The molecule has 3 N–H and O–H groups in total. The molecule has 0 spiro atoms. The lowest BCUT2D eigenvalue weighted by atomic mass is 10.0. The van der Waals surface area contributed by atoms with Gasteiger partial charge in [0.1, 0.15) is 0 Å². The van der Waals surface area contributed by atoms with Gasteiger partial charge in [0.2, 0.25) is 5.91 Å². The van der Waals surface area contributed by atoms with E-state index in [0.717, 1.165) is 13.0 Å². The maximum absolute atomic E-state index is 11.4. The summed E-state index contributed by atoms with van der Waals surface area (Å²) >= 11 is 0. The van der Waals surface area contributed by atoms with Crippen LogP contribution in [0.2, 0.25) is 0 Å². The van der Waals surface area contributed by atoms with Crippen molar-refractivity contribution >= 4 is 5.91 Å². The number of carbonyl (C=O) groups excluding carboxylic acids is 1. The van der Waals surface area contributed by atoms with Gasteiger partial charge < -0.3 is 15.8 Å². The van der Waals surface area contributed by atoms with Gasteiger partial charge in [-0.15, -0.1) is 0 Å². The highest BCUT2D eigenvalue weighted by molar-refractivity contribution is 5.81.